The molecule has 0 unspecified atom stereocenters. The summed E-state index contributed by atoms with van der Waals surface area (Å²) in [6, 6.07) is 1.88. The van der Waals surface area contributed by atoms with E-state index in [1.807, 2.05) is 19.9 Å². The van der Waals surface area contributed by atoms with Crippen molar-refractivity contribution in [3.05, 3.63) is 41.7 Å². The van der Waals surface area contributed by atoms with Crippen molar-refractivity contribution >= 4 is 23.2 Å². The number of amides is 2. The first-order chi connectivity index (χ1) is 12.9. The molecule has 3 aromatic heterocycles. The van der Waals surface area contributed by atoms with Gasteiger partial charge in [0.2, 0.25) is 5.91 Å². The van der Waals surface area contributed by atoms with Crippen LogP contribution in [0.2, 0.25) is 0 Å². The molecule has 0 bridgehead atoms. The molecule has 142 valence electrons. The van der Waals surface area contributed by atoms with Gasteiger partial charge in [-0.3, -0.25) is 23.6 Å². The van der Waals surface area contributed by atoms with Gasteiger partial charge in [-0.2, -0.15) is 15.3 Å². The number of hydrogen-bond acceptors (Lipinski definition) is 5. The molecule has 0 fully saturated rings. The first-order valence-corrected chi connectivity index (χ1v) is 8.47. The lowest BCUT2D eigenvalue weighted by Crippen LogP contribution is -2.21. The molecule has 0 aliphatic rings. The number of anilines is 2. The zero-order chi connectivity index (χ0) is 19.6. The van der Waals surface area contributed by atoms with Crippen molar-refractivity contribution < 1.29 is 9.59 Å². The molecule has 3 rings (SSSR count). The Hall–Kier alpha value is -3.43. The Morgan fingerprint density at radius 1 is 1.00 bits per heavy atom. The zero-order valence-corrected chi connectivity index (χ0v) is 15.7. The second-order valence-corrected chi connectivity index (χ2v) is 6.25. The molecule has 0 saturated heterocycles. The molecule has 0 aromatic carbocycles. The minimum absolute atomic E-state index is 0.218. The van der Waals surface area contributed by atoms with Crippen LogP contribution in [0.5, 0.6) is 0 Å². The second kappa shape index (κ2) is 7.44. The molecule has 0 radical (unpaired) electrons. The standard InChI is InChI=1S/C17H22N8O2/c1-11-5-7-18-25(11)8-6-15(26)21-14-10-20-24(4)16(14)17(27)22-13-9-19-23(3)12(13)2/h5,7,9-10H,6,8H2,1-4H3,(H,21,26)(H,22,27). The molecule has 27 heavy (non-hydrogen) atoms. The van der Waals surface area contributed by atoms with Crippen molar-refractivity contribution in [2.45, 2.75) is 26.8 Å². The Kier molecular flexibility index (Phi) is 5.06. The summed E-state index contributed by atoms with van der Waals surface area (Å²) in [6.07, 6.45) is 4.97. The van der Waals surface area contributed by atoms with Gasteiger partial charge in [-0.05, 0) is 19.9 Å². The van der Waals surface area contributed by atoms with Crippen LogP contribution >= 0.6 is 0 Å². The lowest BCUT2D eigenvalue weighted by Gasteiger charge is -2.09. The maximum Gasteiger partial charge on any atom is 0.276 e. The van der Waals surface area contributed by atoms with Crippen LogP contribution in [0.3, 0.4) is 0 Å². The van der Waals surface area contributed by atoms with Crippen molar-refractivity contribution in [3.8, 4) is 0 Å². The third-order valence-corrected chi connectivity index (χ3v) is 4.39. The molecular formula is C17H22N8O2. The summed E-state index contributed by atoms with van der Waals surface area (Å²) in [5, 5.41) is 17.9. The fraction of sp³-hybridized carbons (Fsp3) is 0.353. The molecule has 10 nitrogen and oxygen atoms in total. The van der Waals surface area contributed by atoms with Crippen molar-refractivity contribution in [2.24, 2.45) is 14.1 Å². The van der Waals surface area contributed by atoms with Gasteiger partial charge in [0.15, 0.2) is 0 Å². The number of rotatable bonds is 6. The maximum absolute atomic E-state index is 12.7. The van der Waals surface area contributed by atoms with E-state index in [-0.39, 0.29) is 23.9 Å². The second-order valence-electron chi connectivity index (χ2n) is 6.25. The lowest BCUT2D eigenvalue weighted by atomic mass is 10.3. The van der Waals surface area contributed by atoms with Crippen molar-refractivity contribution in [3.63, 3.8) is 0 Å². The van der Waals surface area contributed by atoms with Crippen LogP contribution in [0.4, 0.5) is 11.4 Å². The third-order valence-electron chi connectivity index (χ3n) is 4.39. The predicted molar refractivity (Wildman–Crippen MR) is 99.3 cm³/mol. The summed E-state index contributed by atoms with van der Waals surface area (Å²) in [4.78, 5) is 25.0. The fourth-order valence-electron chi connectivity index (χ4n) is 2.65. The van der Waals surface area contributed by atoms with Crippen LogP contribution < -0.4 is 10.6 Å². The van der Waals surface area contributed by atoms with Crippen LogP contribution in [-0.2, 0) is 25.4 Å². The van der Waals surface area contributed by atoms with Gasteiger partial charge in [-0.25, -0.2) is 0 Å². The smallest absolute Gasteiger partial charge is 0.276 e. The number of aryl methyl sites for hydroxylation is 4. The van der Waals surface area contributed by atoms with E-state index in [0.29, 0.717) is 17.9 Å². The van der Waals surface area contributed by atoms with Crippen molar-refractivity contribution in [1.29, 1.82) is 0 Å². The van der Waals surface area contributed by atoms with E-state index in [9.17, 15) is 9.59 Å². The Morgan fingerprint density at radius 3 is 2.33 bits per heavy atom. The average molecular weight is 370 g/mol. The molecule has 2 N–H and O–H groups in total. The highest BCUT2D eigenvalue weighted by atomic mass is 16.2. The minimum atomic E-state index is -0.371. The molecule has 0 aliphatic heterocycles. The average Bonchev–Trinajstić information content (AvgIpc) is 3.29. The van der Waals surface area contributed by atoms with Gasteiger partial charge < -0.3 is 10.6 Å². The molecule has 0 aliphatic carbocycles. The minimum Gasteiger partial charge on any atom is -0.323 e. The highest BCUT2D eigenvalue weighted by Crippen LogP contribution is 2.19. The van der Waals surface area contributed by atoms with E-state index >= 15 is 0 Å². The van der Waals surface area contributed by atoms with Crippen LogP contribution in [0.25, 0.3) is 0 Å². The summed E-state index contributed by atoms with van der Waals surface area (Å²) in [5.41, 5.74) is 3.04. The first kappa shape index (κ1) is 18.4. The molecule has 0 atom stereocenters. The van der Waals surface area contributed by atoms with Crippen LogP contribution in [0.15, 0.2) is 24.7 Å². The van der Waals surface area contributed by atoms with Crippen molar-refractivity contribution in [1.82, 2.24) is 29.3 Å². The molecule has 2 amide bonds. The fourth-order valence-corrected chi connectivity index (χ4v) is 2.65. The number of nitrogens with zero attached hydrogens (tertiary/aromatic N) is 6. The monoisotopic (exact) mass is 370 g/mol. The van der Waals surface area contributed by atoms with Gasteiger partial charge in [-0.1, -0.05) is 0 Å². The number of aromatic nitrogens is 6. The highest BCUT2D eigenvalue weighted by molar-refractivity contribution is 6.09. The van der Waals surface area contributed by atoms with Crippen LogP contribution in [-0.4, -0.2) is 41.2 Å². The number of carbonyl (C=O) groups excluding carboxylic acids is 2. The molecule has 3 heterocycles. The summed E-state index contributed by atoms with van der Waals surface area (Å²) in [5.74, 6) is -0.589. The normalized spacial score (nSPS) is 10.8. The van der Waals surface area contributed by atoms with Gasteiger partial charge in [0.05, 0.1) is 29.5 Å². The van der Waals surface area contributed by atoms with E-state index in [0.717, 1.165) is 11.4 Å². The molecular weight excluding hydrogens is 348 g/mol. The SMILES string of the molecule is Cc1c(NC(=O)c2c(NC(=O)CCn3nccc3C)cnn2C)cnn1C. The summed E-state index contributed by atoms with van der Waals surface area (Å²) < 4.78 is 4.84. The van der Waals surface area contributed by atoms with E-state index in [4.69, 9.17) is 0 Å². The summed E-state index contributed by atoms with van der Waals surface area (Å²) in [7, 11) is 3.44. The van der Waals surface area contributed by atoms with Gasteiger partial charge in [0, 0.05) is 39.0 Å². The predicted octanol–water partition coefficient (Wildman–Crippen LogP) is 1.25. The maximum atomic E-state index is 12.7. The van der Waals surface area contributed by atoms with Crippen LogP contribution in [0.1, 0.15) is 28.3 Å². The van der Waals surface area contributed by atoms with Gasteiger partial charge in [0.25, 0.3) is 5.91 Å². The molecule has 0 saturated carbocycles. The topological polar surface area (TPSA) is 112 Å². The summed E-state index contributed by atoms with van der Waals surface area (Å²) in [6.45, 7) is 4.24. The number of carbonyl (C=O) groups is 2. The van der Waals surface area contributed by atoms with Crippen molar-refractivity contribution in [2.75, 3.05) is 10.6 Å². The number of nitrogens with one attached hydrogen (secondary N) is 2. The van der Waals surface area contributed by atoms with Gasteiger partial charge in [0.1, 0.15) is 5.69 Å². The Labute approximate surface area is 156 Å². The largest absolute Gasteiger partial charge is 0.323 e. The van der Waals surface area contributed by atoms with E-state index < -0.39 is 0 Å². The molecule has 10 heteroatoms. The van der Waals surface area contributed by atoms with E-state index in [1.165, 1.54) is 10.9 Å². The van der Waals surface area contributed by atoms with Gasteiger partial charge >= 0.3 is 0 Å². The zero-order valence-electron chi connectivity index (χ0n) is 15.7. The van der Waals surface area contributed by atoms with Crippen LogP contribution in [0, 0.1) is 13.8 Å². The first-order valence-electron chi connectivity index (χ1n) is 8.47. The Morgan fingerprint density at radius 2 is 1.70 bits per heavy atom. The highest BCUT2D eigenvalue weighted by Gasteiger charge is 2.20. The Bertz CT molecular complexity index is 981. The Balaban J connectivity index is 1.68. The third kappa shape index (κ3) is 3.89. The molecule has 0 spiro atoms. The number of hydrogen-bond donors (Lipinski definition) is 2. The van der Waals surface area contributed by atoms with E-state index in [1.54, 1.807) is 35.9 Å². The lowest BCUT2D eigenvalue weighted by molar-refractivity contribution is -0.116. The summed E-state index contributed by atoms with van der Waals surface area (Å²) >= 11 is 0. The molecule has 3 aromatic rings. The van der Waals surface area contributed by atoms with Gasteiger partial charge in [-0.15, -0.1) is 0 Å². The quantitative estimate of drug-likeness (QED) is 0.678. The van der Waals surface area contributed by atoms with E-state index in [2.05, 4.69) is 25.9 Å².